The van der Waals surface area contributed by atoms with Crippen molar-refractivity contribution in [2.24, 2.45) is 0 Å². The molecule has 2 aromatic carbocycles. The van der Waals surface area contributed by atoms with E-state index in [-0.39, 0.29) is 18.0 Å². The Kier molecular flexibility index (Phi) is 6.45. The van der Waals surface area contributed by atoms with Gasteiger partial charge in [0.2, 0.25) is 0 Å². The molecule has 0 aliphatic rings. The van der Waals surface area contributed by atoms with E-state index in [9.17, 15) is 14.0 Å². The predicted molar refractivity (Wildman–Crippen MR) is 121 cm³/mol. The monoisotopic (exact) mass is 442 g/mol. The van der Waals surface area contributed by atoms with Gasteiger partial charge in [-0.25, -0.2) is 19.2 Å². The fraction of sp³-hybridized carbons (Fsp3) is 0.0800. The number of carbonyl (C=O) groups is 2. The summed E-state index contributed by atoms with van der Waals surface area (Å²) in [5.74, 6) is -0.855. The molecule has 0 saturated heterocycles. The Hall–Kier alpha value is -4.46. The molecule has 7 nitrogen and oxygen atoms in total. The number of aromatic nitrogens is 3. The number of amides is 1. The Bertz CT molecular complexity index is 1280. The van der Waals surface area contributed by atoms with Crippen molar-refractivity contribution < 1.29 is 18.7 Å². The zero-order valence-corrected chi connectivity index (χ0v) is 17.7. The van der Waals surface area contributed by atoms with Crippen LogP contribution < -0.4 is 5.32 Å². The van der Waals surface area contributed by atoms with Gasteiger partial charge in [0.05, 0.1) is 23.4 Å². The van der Waals surface area contributed by atoms with Crippen LogP contribution in [0, 0.1) is 5.82 Å². The number of nitrogens with one attached hydrogen (secondary N) is 1. The topological polar surface area (TPSA) is 94.1 Å². The summed E-state index contributed by atoms with van der Waals surface area (Å²) in [6, 6.07) is 15.7. The first-order chi connectivity index (χ1) is 16.0. The summed E-state index contributed by atoms with van der Waals surface area (Å²) in [4.78, 5) is 37.8. The molecule has 0 spiro atoms. The van der Waals surface area contributed by atoms with Gasteiger partial charge >= 0.3 is 5.97 Å². The van der Waals surface area contributed by atoms with Gasteiger partial charge < -0.3 is 10.1 Å². The van der Waals surface area contributed by atoms with Crippen LogP contribution in [-0.2, 0) is 4.74 Å². The minimum atomic E-state index is -0.430. The van der Waals surface area contributed by atoms with E-state index in [0.717, 1.165) is 0 Å². The smallest absolute Gasteiger partial charge is 0.338 e. The third kappa shape index (κ3) is 5.07. The van der Waals surface area contributed by atoms with Crippen molar-refractivity contribution in [2.75, 3.05) is 11.9 Å². The first-order valence-electron chi connectivity index (χ1n) is 10.2. The van der Waals surface area contributed by atoms with Crippen molar-refractivity contribution in [2.45, 2.75) is 6.92 Å². The highest BCUT2D eigenvalue weighted by atomic mass is 19.1. The second-order valence-electron chi connectivity index (χ2n) is 6.95. The van der Waals surface area contributed by atoms with Gasteiger partial charge in [0, 0.05) is 35.4 Å². The van der Waals surface area contributed by atoms with Gasteiger partial charge in [-0.1, -0.05) is 0 Å². The molecule has 0 atom stereocenters. The molecule has 1 N–H and O–H groups in total. The Balaban J connectivity index is 1.65. The number of benzene rings is 2. The number of ether oxygens (including phenoxy) is 1. The quantitative estimate of drug-likeness (QED) is 0.432. The Morgan fingerprint density at radius 1 is 0.939 bits per heavy atom. The Morgan fingerprint density at radius 3 is 2.30 bits per heavy atom. The van der Waals surface area contributed by atoms with E-state index in [0.29, 0.717) is 33.9 Å². The van der Waals surface area contributed by atoms with E-state index in [1.165, 1.54) is 18.3 Å². The van der Waals surface area contributed by atoms with Gasteiger partial charge in [-0.15, -0.1) is 0 Å². The number of hydrogen-bond acceptors (Lipinski definition) is 6. The molecule has 0 saturated carbocycles. The van der Waals surface area contributed by atoms with Gasteiger partial charge in [-0.05, 0) is 67.6 Å². The van der Waals surface area contributed by atoms with Crippen molar-refractivity contribution in [1.82, 2.24) is 15.0 Å². The van der Waals surface area contributed by atoms with Crippen molar-refractivity contribution in [3.05, 3.63) is 96.2 Å². The number of rotatable bonds is 6. The molecule has 33 heavy (non-hydrogen) atoms. The van der Waals surface area contributed by atoms with Gasteiger partial charge in [-0.2, -0.15) is 0 Å². The molecule has 0 aliphatic carbocycles. The first-order valence-corrected chi connectivity index (χ1v) is 10.2. The van der Waals surface area contributed by atoms with Crippen LogP contribution in [0.3, 0.4) is 0 Å². The fourth-order valence-corrected chi connectivity index (χ4v) is 3.12. The van der Waals surface area contributed by atoms with Crippen LogP contribution in [0.25, 0.3) is 22.6 Å². The number of esters is 1. The van der Waals surface area contributed by atoms with E-state index in [1.807, 2.05) is 0 Å². The Morgan fingerprint density at radius 2 is 1.64 bits per heavy atom. The summed E-state index contributed by atoms with van der Waals surface area (Å²) in [6.45, 7) is 2.01. The molecule has 1 amide bonds. The SMILES string of the molecule is CCOC(=O)c1ccc(NC(=O)c2cnc(-c3ccc(F)cc3)nc2-c2ccncc2)cc1. The molecular formula is C25H19FN4O3. The molecule has 2 heterocycles. The standard InChI is InChI=1S/C25H19FN4O3/c1-2-33-25(32)18-5-9-20(10-6-18)29-24(31)21-15-28-23(17-3-7-19(26)8-4-17)30-22(21)16-11-13-27-14-12-16/h3-15H,2H2,1H3,(H,29,31). The molecule has 0 aliphatic heterocycles. The molecule has 2 aromatic heterocycles. The second-order valence-corrected chi connectivity index (χ2v) is 6.95. The van der Waals surface area contributed by atoms with Crippen LogP contribution >= 0.6 is 0 Å². The molecule has 4 rings (SSSR count). The summed E-state index contributed by atoms with van der Waals surface area (Å²) in [7, 11) is 0. The zero-order chi connectivity index (χ0) is 23.2. The van der Waals surface area contributed by atoms with Gasteiger partial charge in [0.1, 0.15) is 5.82 Å². The van der Waals surface area contributed by atoms with Gasteiger partial charge in [-0.3, -0.25) is 9.78 Å². The van der Waals surface area contributed by atoms with Crippen LogP contribution in [0.5, 0.6) is 0 Å². The highest BCUT2D eigenvalue weighted by molar-refractivity contribution is 6.08. The summed E-state index contributed by atoms with van der Waals surface area (Å²) in [6.07, 6.45) is 4.64. The minimum absolute atomic E-state index is 0.251. The zero-order valence-electron chi connectivity index (χ0n) is 17.7. The lowest BCUT2D eigenvalue weighted by molar-refractivity contribution is 0.0526. The number of carbonyl (C=O) groups excluding carboxylic acids is 2. The van der Waals surface area contributed by atoms with Crippen LogP contribution in [0.2, 0.25) is 0 Å². The normalized spacial score (nSPS) is 10.5. The maximum absolute atomic E-state index is 13.3. The summed E-state index contributed by atoms with van der Waals surface area (Å²) in [5, 5.41) is 2.80. The average molecular weight is 442 g/mol. The van der Waals surface area contributed by atoms with Gasteiger partial charge in [0.25, 0.3) is 5.91 Å². The van der Waals surface area contributed by atoms with Crippen molar-refractivity contribution in [1.29, 1.82) is 0 Å². The molecule has 4 aromatic rings. The average Bonchev–Trinajstić information content (AvgIpc) is 2.85. The lowest BCUT2D eigenvalue weighted by Gasteiger charge is -2.11. The molecule has 0 fully saturated rings. The lowest BCUT2D eigenvalue weighted by atomic mass is 10.1. The second kappa shape index (κ2) is 9.78. The number of pyridine rings is 1. The largest absolute Gasteiger partial charge is 0.462 e. The predicted octanol–water partition coefficient (Wildman–Crippen LogP) is 4.77. The highest BCUT2D eigenvalue weighted by Gasteiger charge is 2.18. The van der Waals surface area contributed by atoms with E-state index >= 15 is 0 Å². The first kappa shape index (κ1) is 21.8. The number of halogens is 1. The van der Waals surface area contributed by atoms with E-state index < -0.39 is 11.9 Å². The fourth-order valence-electron chi connectivity index (χ4n) is 3.12. The van der Waals surface area contributed by atoms with Gasteiger partial charge in [0.15, 0.2) is 5.82 Å². The van der Waals surface area contributed by atoms with Crippen molar-refractivity contribution in [3.8, 4) is 22.6 Å². The van der Waals surface area contributed by atoms with Crippen LogP contribution in [0.15, 0.2) is 79.3 Å². The maximum Gasteiger partial charge on any atom is 0.338 e. The van der Waals surface area contributed by atoms with E-state index in [1.54, 1.807) is 67.8 Å². The maximum atomic E-state index is 13.3. The molecular weight excluding hydrogens is 423 g/mol. The summed E-state index contributed by atoms with van der Waals surface area (Å²) >= 11 is 0. The lowest BCUT2D eigenvalue weighted by Crippen LogP contribution is -2.15. The van der Waals surface area contributed by atoms with Crippen LogP contribution in [0.1, 0.15) is 27.6 Å². The Labute approximate surface area is 189 Å². The molecule has 164 valence electrons. The number of anilines is 1. The number of hydrogen-bond donors (Lipinski definition) is 1. The number of nitrogens with zero attached hydrogens (tertiary/aromatic N) is 3. The molecule has 0 unspecified atom stereocenters. The summed E-state index contributed by atoms with van der Waals surface area (Å²) in [5.41, 5.74) is 2.84. The molecule has 0 bridgehead atoms. The van der Waals surface area contributed by atoms with E-state index in [2.05, 4.69) is 20.3 Å². The third-order valence-corrected chi connectivity index (χ3v) is 4.74. The van der Waals surface area contributed by atoms with E-state index in [4.69, 9.17) is 4.74 Å². The third-order valence-electron chi connectivity index (χ3n) is 4.74. The molecule has 0 radical (unpaired) electrons. The minimum Gasteiger partial charge on any atom is -0.462 e. The van der Waals surface area contributed by atoms with Crippen molar-refractivity contribution >= 4 is 17.6 Å². The van der Waals surface area contributed by atoms with Crippen molar-refractivity contribution in [3.63, 3.8) is 0 Å². The van der Waals surface area contributed by atoms with Crippen LogP contribution in [0.4, 0.5) is 10.1 Å². The highest BCUT2D eigenvalue weighted by Crippen LogP contribution is 2.25. The molecule has 8 heteroatoms. The summed E-state index contributed by atoms with van der Waals surface area (Å²) < 4.78 is 18.3. The van der Waals surface area contributed by atoms with Crippen LogP contribution in [-0.4, -0.2) is 33.4 Å².